The Morgan fingerprint density at radius 1 is 0.966 bits per heavy atom. The number of carbonyl (C=O) groups is 2. The molecule has 5 nitrogen and oxygen atoms in total. The molecule has 0 unspecified atom stereocenters. The molecule has 0 atom stereocenters. The van der Waals surface area contributed by atoms with Gasteiger partial charge in [-0.25, -0.2) is 4.98 Å². The molecule has 2 aromatic carbocycles. The number of nitrogens with one attached hydrogen (secondary N) is 2. The summed E-state index contributed by atoms with van der Waals surface area (Å²) in [6, 6.07) is 15.9. The third-order valence-corrected chi connectivity index (χ3v) is 4.86. The van der Waals surface area contributed by atoms with Gasteiger partial charge in [-0.1, -0.05) is 47.5 Å². The summed E-state index contributed by atoms with van der Waals surface area (Å²) < 4.78 is 0. The molecular formula is C22H19Cl2N3O2. The molecular weight excluding hydrogens is 409 g/mol. The number of rotatable bonds is 5. The van der Waals surface area contributed by atoms with Gasteiger partial charge < -0.3 is 10.6 Å². The average Bonchev–Trinajstić information content (AvgIpc) is 2.65. The van der Waals surface area contributed by atoms with Gasteiger partial charge in [-0.05, 0) is 49.7 Å². The Balaban J connectivity index is 1.77. The minimum atomic E-state index is -0.352. The van der Waals surface area contributed by atoms with Crippen molar-refractivity contribution >= 4 is 46.4 Å². The van der Waals surface area contributed by atoms with E-state index in [1.54, 1.807) is 43.3 Å². The van der Waals surface area contributed by atoms with Crippen LogP contribution in [0.2, 0.25) is 10.2 Å². The summed E-state index contributed by atoms with van der Waals surface area (Å²) in [7, 11) is 0. The van der Waals surface area contributed by atoms with Gasteiger partial charge in [0.2, 0.25) is 5.91 Å². The molecule has 1 aromatic heterocycles. The van der Waals surface area contributed by atoms with Crippen LogP contribution in [0.1, 0.15) is 27.2 Å². The predicted octanol–water partition coefficient (Wildman–Crippen LogP) is 5.44. The maximum atomic E-state index is 12.7. The Morgan fingerprint density at radius 2 is 1.72 bits per heavy atom. The molecule has 2 amide bonds. The fourth-order valence-corrected chi connectivity index (χ4v) is 3.51. The van der Waals surface area contributed by atoms with Gasteiger partial charge in [0.05, 0.1) is 17.7 Å². The van der Waals surface area contributed by atoms with Gasteiger partial charge in [-0.3, -0.25) is 9.59 Å². The molecule has 0 spiro atoms. The van der Waals surface area contributed by atoms with Crippen molar-refractivity contribution in [2.24, 2.45) is 0 Å². The van der Waals surface area contributed by atoms with Gasteiger partial charge in [-0.15, -0.1) is 0 Å². The van der Waals surface area contributed by atoms with Crippen LogP contribution in [-0.2, 0) is 11.2 Å². The van der Waals surface area contributed by atoms with E-state index in [-0.39, 0.29) is 23.4 Å². The highest BCUT2D eigenvalue weighted by Gasteiger charge is 2.16. The fourth-order valence-electron chi connectivity index (χ4n) is 2.85. The van der Waals surface area contributed by atoms with E-state index < -0.39 is 0 Å². The normalized spacial score (nSPS) is 10.5. The number of anilines is 2. The van der Waals surface area contributed by atoms with Crippen LogP contribution in [0.5, 0.6) is 0 Å². The maximum absolute atomic E-state index is 12.7. The van der Waals surface area contributed by atoms with Crippen molar-refractivity contribution in [3.63, 3.8) is 0 Å². The first-order valence-electron chi connectivity index (χ1n) is 8.92. The topological polar surface area (TPSA) is 71.1 Å². The monoisotopic (exact) mass is 427 g/mol. The first-order valence-corrected chi connectivity index (χ1v) is 9.67. The fraction of sp³-hybridized carbons (Fsp3) is 0.136. The molecule has 0 fully saturated rings. The number of pyridine rings is 1. The molecule has 3 aromatic rings. The maximum Gasteiger partial charge on any atom is 0.257 e. The third-order valence-electron chi connectivity index (χ3n) is 4.21. The van der Waals surface area contributed by atoms with Crippen molar-refractivity contribution in [2.45, 2.75) is 20.3 Å². The van der Waals surface area contributed by atoms with Gasteiger partial charge >= 0.3 is 0 Å². The van der Waals surface area contributed by atoms with Crippen LogP contribution in [0.15, 0.2) is 54.6 Å². The van der Waals surface area contributed by atoms with E-state index in [2.05, 4.69) is 15.6 Å². The Kier molecular flexibility index (Phi) is 6.52. The van der Waals surface area contributed by atoms with E-state index in [1.165, 1.54) is 0 Å². The zero-order chi connectivity index (χ0) is 21.0. The van der Waals surface area contributed by atoms with Crippen molar-refractivity contribution in [3.8, 4) is 0 Å². The molecule has 29 heavy (non-hydrogen) atoms. The molecule has 0 radical (unpaired) electrons. The van der Waals surface area contributed by atoms with Gasteiger partial charge in [0.15, 0.2) is 0 Å². The zero-order valence-electron chi connectivity index (χ0n) is 15.9. The number of amides is 2. The number of aryl methyl sites for hydroxylation is 2. The van der Waals surface area contributed by atoms with Gasteiger partial charge in [-0.2, -0.15) is 0 Å². The highest BCUT2D eigenvalue weighted by atomic mass is 35.5. The summed E-state index contributed by atoms with van der Waals surface area (Å²) in [5.74, 6) is -0.671. The second kappa shape index (κ2) is 9.07. The molecule has 0 saturated heterocycles. The molecule has 7 heteroatoms. The lowest BCUT2D eigenvalue weighted by atomic mass is 10.1. The number of aromatic nitrogens is 1. The zero-order valence-corrected chi connectivity index (χ0v) is 17.4. The molecule has 148 valence electrons. The van der Waals surface area contributed by atoms with Crippen molar-refractivity contribution in [1.29, 1.82) is 0 Å². The van der Waals surface area contributed by atoms with Crippen LogP contribution < -0.4 is 10.6 Å². The van der Waals surface area contributed by atoms with Crippen molar-refractivity contribution in [1.82, 2.24) is 4.98 Å². The summed E-state index contributed by atoms with van der Waals surface area (Å²) in [4.78, 5) is 29.4. The average molecular weight is 428 g/mol. The van der Waals surface area contributed by atoms with E-state index >= 15 is 0 Å². The molecule has 3 rings (SSSR count). The number of hydrogen-bond acceptors (Lipinski definition) is 3. The second-order valence-corrected chi connectivity index (χ2v) is 7.37. The molecule has 1 heterocycles. The van der Waals surface area contributed by atoms with Crippen LogP contribution in [0.25, 0.3) is 0 Å². The SMILES string of the molecule is Cc1cccc(NC(=O)c2ccccc2NC(=O)Cc2c(Cl)cc(C)nc2Cl)c1. The molecule has 0 aliphatic heterocycles. The number of nitrogens with zero attached hydrogens (tertiary/aromatic N) is 1. The lowest BCUT2D eigenvalue weighted by Crippen LogP contribution is -2.20. The molecule has 2 N–H and O–H groups in total. The van der Waals surface area contributed by atoms with Gasteiger partial charge in [0, 0.05) is 22.0 Å². The van der Waals surface area contributed by atoms with E-state index in [0.717, 1.165) is 5.56 Å². The number of benzene rings is 2. The van der Waals surface area contributed by atoms with Crippen LogP contribution in [-0.4, -0.2) is 16.8 Å². The Morgan fingerprint density at radius 3 is 2.45 bits per heavy atom. The second-order valence-electron chi connectivity index (χ2n) is 6.61. The van der Waals surface area contributed by atoms with Crippen molar-refractivity contribution in [2.75, 3.05) is 10.6 Å². The summed E-state index contributed by atoms with van der Waals surface area (Å²) in [6.07, 6.45) is -0.0568. The number of para-hydroxylation sites is 1. The van der Waals surface area contributed by atoms with E-state index in [1.807, 2.05) is 25.1 Å². The lowest BCUT2D eigenvalue weighted by molar-refractivity contribution is -0.115. The predicted molar refractivity (Wildman–Crippen MR) is 117 cm³/mol. The lowest BCUT2D eigenvalue weighted by Gasteiger charge is -2.13. The van der Waals surface area contributed by atoms with Crippen LogP contribution in [0.3, 0.4) is 0 Å². The number of carbonyl (C=O) groups excluding carboxylic acids is 2. The molecule has 0 saturated carbocycles. The summed E-state index contributed by atoms with van der Waals surface area (Å²) in [5, 5.41) is 6.17. The van der Waals surface area contributed by atoms with Gasteiger partial charge in [0.25, 0.3) is 5.91 Å². The van der Waals surface area contributed by atoms with Crippen molar-refractivity contribution < 1.29 is 9.59 Å². The summed E-state index contributed by atoms with van der Waals surface area (Å²) in [6.45, 7) is 3.71. The molecule has 0 aliphatic rings. The quantitative estimate of drug-likeness (QED) is 0.532. The molecule has 0 bridgehead atoms. The minimum Gasteiger partial charge on any atom is -0.325 e. The number of halogens is 2. The van der Waals surface area contributed by atoms with Crippen LogP contribution in [0, 0.1) is 13.8 Å². The molecule has 0 aliphatic carbocycles. The third kappa shape index (κ3) is 5.34. The first kappa shape index (κ1) is 20.8. The standard InChI is InChI=1S/C22H19Cl2N3O2/c1-13-6-5-7-15(10-13)26-22(29)16-8-3-4-9-19(16)27-20(28)12-17-18(23)11-14(2)25-21(17)24/h3-11H,12H2,1-2H3,(H,26,29)(H,27,28). The largest absolute Gasteiger partial charge is 0.325 e. The van der Waals surface area contributed by atoms with Gasteiger partial charge in [0.1, 0.15) is 5.15 Å². The van der Waals surface area contributed by atoms with E-state index in [4.69, 9.17) is 23.2 Å². The summed E-state index contributed by atoms with van der Waals surface area (Å²) in [5.41, 5.74) is 3.57. The highest BCUT2D eigenvalue weighted by Crippen LogP contribution is 2.25. The smallest absolute Gasteiger partial charge is 0.257 e. The number of hydrogen-bond donors (Lipinski definition) is 2. The summed E-state index contributed by atoms with van der Waals surface area (Å²) >= 11 is 12.3. The van der Waals surface area contributed by atoms with Crippen molar-refractivity contribution in [3.05, 3.63) is 87.2 Å². The van der Waals surface area contributed by atoms with E-state index in [0.29, 0.717) is 33.2 Å². The van der Waals surface area contributed by atoms with Crippen LogP contribution in [0.4, 0.5) is 11.4 Å². The highest BCUT2D eigenvalue weighted by molar-refractivity contribution is 6.35. The minimum absolute atomic E-state index is 0.0568. The Labute approximate surface area is 179 Å². The Hall–Kier alpha value is -2.89. The van der Waals surface area contributed by atoms with E-state index in [9.17, 15) is 9.59 Å². The Bertz CT molecular complexity index is 1060. The van der Waals surface area contributed by atoms with Crippen LogP contribution >= 0.6 is 23.2 Å². The first-order chi connectivity index (χ1) is 13.8.